The molecule has 0 aliphatic carbocycles. The summed E-state index contributed by atoms with van der Waals surface area (Å²) in [5.74, 6) is -0.306. The van der Waals surface area contributed by atoms with E-state index in [1.54, 1.807) is 0 Å². The van der Waals surface area contributed by atoms with Gasteiger partial charge in [0.2, 0.25) is 0 Å². The quantitative estimate of drug-likeness (QED) is 0.509. The van der Waals surface area contributed by atoms with E-state index in [0.717, 1.165) is 0 Å². The number of hydrogen-bond donors (Lipinski definition) is 1. The number of carbonyl (C=O) groups is 1. The maximum absolute atomic E-state index is 10.7. The second kappa shape index (κ2) is 3.87. The monoisotopic (exact) mass is 175 g/mol. The van der Waals surface area contributed by atoms with E-state index in [1.807, 2.05) is 6.92 Å². The Morgan fingerprint density at radius 1 is 1.55 bits per heavy atom. The molecule has 0 spiro atoms. The average Bonchev–Trinajstić information content (AvgIpc) is 1.85. The van der Waals surface area contributed by atoms with Crippen LogP contribution in [0.5, 0.6) is 0 Å². The fourth-order valence-electron chi connectivity index (χ4n) is 0.422. The van der Waals surface area contributed by atoms with E-state index < -0.39 is 8.07 Å². The Bertz CT molecular complexity index is 142. The normalized spacial score (nSPS) is 14.3. The van der Waals surface area contributed by atoms with E-state index in [1.165, 1.54) is 0 Å². The summed E-state index contributed by atoms with van der Waals surface area (Å²) in [6, 6.07) is 0. The van der Waals surface area contributed by atoms with Crippen LogP contribution in [0.1, 0.15) is 6.92 Å². The molecule has 0 aliphatic rings. The van der Waals surface area contributed by atoms with Crippen LogP contribution in [0.3, 0.4) is 0 Å². The highest BCUT2D eigenvalue weighted by Gasteiger charge is 2.25. The third-order valence-electron chi connectivity index (χ3n) is 1.69. The van der Waals surface area contributed by atoms with E-state index in [4.69, 9.17) is 10.5 Å². The van der Waals surface area contributed by atoms with Crippen molar-refractivity contribution >= 4 is 14.0 Å². The molecular formula is C7H17NO2Si. The molecule has 11 heavy (non-hydrogen) atoms. The van der Waals surface area contributed by atoms with E-state index in [2.05, 4.69) is 19.6 Å². The molecule has 66 valence electrons. The van der Waals surface area contributed by atoms with Gasteiger partial charge in [0.25, 0.3) is 0 Å². The van der Waals surface area contributed by atoms with Gasteiger partial charge in [0, 0.05) is 0 Å². The summed E-state index contributed by atoms with van der Waals surface area (Å²) in [5, 5.41) is 0. The van der Waals surface area contributed by atoms with Crippen molar-refractivity contribution in [2.45, 2.75) is 32.3 Å². The Hall–Kier alpha value is -0.353. The number of esters is 1. The van der Waals surface area contributed by atoms with Gasteiger partial charge < -0.3 is 10.5 Å². The van der Waals surface area contributed by atoms with Crippen LogP contribution in [-0.4, -0.2) is 26.3 Å². The Morgan fingerprint density at radius 3 is 2.27 bits per heavy atom. The van der Waals surface area contributed by atoms with Crippen molar-refractivity contribution < 1.29 is 9.53 Å². The third kappa shape index (κ3) is 4.16. The highest BCUT2D eigenvalue weighted by atomic mass is 28.3. The lowest BCUT2D eigenvalue weighted by Gasteiger charge is -2.24. The first kappa shape index (κ1) is 10.6. The standard InChI is InChI=1S/C7H17NO2Si/c1-6(11(2,3)4)10-7(9)5-8/h6H,5,8H2,1-4H3. The zero-order chi connectivity index (χ0) is 9.07. The SMILES string of the molecule is CC(OC(=O)CN)[Si](C)(C)C. The first-order valence-corrected chi connectivity index (χ1v) is 7.35. The van der Waals surface area contributed by atoms with Crippen molar-refractivity contribution in [3.63, 3.8) is 0 Å². The lowest BCUT2D eigenvalue weighted by atomic mass is 10.7. The summed E-state index contributed by atoms with van der Waals surface area (Å²) in [5.41, 5.74) is 5.16. The first-order chi connectivity index (χ1) is 4.88. The predicted molar refractivity (Wildman–Crippen MR) is 48.0 cm³/mol. The van der Waals surface area contributed by atoms with Crippen LogP contribution < -0.4 is 5.73 Å². The zero-order valence-corrected chi connectivity index (χ0v) is 8.68. The van der Waals surface area contributed by atoms with Crippen LogP contribution in [0, 0.1) is 0 Å². The summed E-state index contributed by atoms with van der Waals surface area (Å²) in [7, 11) is -1.34. The number of nitrogens with two attached hydrogens (primary N) is 1. The molecule has 2 N–H and O–H groups in total. The molecule has 0 fully saturated rings. The Balaban J connectivity index is 3.87. The molecule has 0 aromatic carbocycles. The van der Waals surface area contributed by atoms with Gasteiger partial charge in [-0.05, 0) is 6.92 Å². The van der Waals surface area contributed by atoms with Crippen LogP contribution >= 0.6 is 0 Å². The van der Waals surface area contributed by atoms with E-state index >= 15 is 0 Å². The largest absolute Gasteiger partial charge is 0.466 e. The van der Waals surface area contributed by atoms with Crippen LogP contribution in [-0.2, 0) is 9.53 Å². The highest BCUT2D eigenvalue weighted by Crippen LogP contribution is 2.10. The molecule has 1 unspecified atom stereocenters. The van der Waals surface area contributed by atoms with Gasteiger partial charge in [-0.2, -0.15) is 0 Å². The number of ether oxygens (including phenoxy) is 1. The molecule has 0 aliphatic heterocycles. The molecule has 4 heteroatoms. The van der Waals surface area contributed by atoms with Crippen molar-refractivity contribution in [3.8, 4) is 0 Å². The van der Waals surface area contributed by atoms with Gasteiger partial charge in [-0.1, -0.05) is 19.6 Å². The molecule has 0 radical (unpaired) electrons. The van der Waals surface area contributed by atoms with Crippen molar-refractivity contribution in [3.05, 3.63) is 0 Å². The van der Waals surface area contributed by atoms with Crippen molar-refractivity contribution in [2.24, 2.45) is 5.73 Å². The van der Waals surface area contributed by atoms with Crippen molar-refractivity contribution in [2.75, 3.05) is 6.54 Å². The minimum Gasteiger partial charge on any atom is -0.466 e. The Labute approximate surface area is 68.9 Å². The molecule has 0 saturated carbocycles. The van der Waals surface area contributed by atoms with E-state index in [0.29, 0.717) is 0 Å². The first-order valence-electron chi connectivity index (χ1n) is 3.77. The fourth-order valence-corrected chi connectivity index (χ4v) is 0.907. The lowest BCUT2D eigenvalue weighted by Crippen LogP contribution is -2.40. The van der Waals surface area contributed by atoms with Gasteiger partial charge in [-0.25, -0.2) is 0 Å². The summed E-state index contributed by atoms with van der Waals surface area (Å²) in [6.07, 6.45) is 0. The molecule has 0 aromatic heterocycles. The molecule has 0 amide bonds. The van der Waals surface area contributed by atoms with E-state index in [9.17, 15) is 4.79 Å². The molecule has 0 rings (SSSR count). The predicted octanol–water partition coefficient (Wildman–Crippen LogP) is 0.754. The smallest absolute Gasteiger partial charge is 0.319 e. The van der Waals surface area contributed by atoms with Crippen molar-refractivity contribution in [1.82, 2.24) is 0 Å². The Kier molecular flexibility index (Phi) is 3.75. The summed E-state index contributed by atoms with van der Waals surface area (Å²) >= 11 is 0. The summed E-state index contributed by atoms with van der Waals surface area (Å²) in [6.45, 7) is 8.37. The second-order valence-corrected chi connectivity index (χ2v) is 9.25. The van der Waals surface area contributed by atoms with Crippen molar-refractivity contribution in [1.29, 1.82) is 0 Å². The van der Waals surface area contributed by atoms with Crippen LogP contribution in [0.15, 0.2) is 0 Å². The van der Waals surface area contributed by atoms with Crippen LogP contribution in [0.2, 0.25) is 19.6 Å². The summed E-state index contributed by atoms with van der Waals surface area (Å²) < 4.78 is 5.06. The maximum Gasteiger partial charge on any atom is 0.319 e. The lowest BCUT2D eigenvalue weighted by molar-refractivity contribution is -0.143. The van der Waals surface area contributed by atoms with Gasteiger partial charge in [-0.3, -0.25) is 4.79 Å². The minimum atomic E-state index is -1.34. The third-order valence-corrected chi connectivity index (χ3v) is 4.25. The molecular weight excluding hydrogens is 158 g/mol. The molecule has 0 saturated heterocycles. The van der Waals surface area contributed by atoms with Gasteiger partial charge in [0.1, 0.15) is 0 Å². The van der Waals surface area contributed by atoms with Gasteiger partial charge in [-0.15, -0.1) is 0 Å². The minimum absolute atomic E-state index is 0.0190. The second-order valence-electron chi connectivity index (χ2n) is 3.70. The number of carbonyl (C=O) groups excluding carboxylic acids is 1. The topological polar surface area (TPSA) is 52.3 Å². The van der Waals surface area contributed by atoms with Gasteiger partial charge in [0.05, 0.1) is 20.3 Å². The molecule has 3 nitrogen and oxygen atoms in total. The Morgan fingerprint density at radius 2 is 2.00 bits per heavy atom. The van der Waals surface area contributed by atoms with Gasteiger partial charge >= 0.3 is 5.97 Å². The average molecular weight is 175 g/mol. The number of hydrogen-bond acceptors (Lipinski definition) is 3. The van der Waals surface area contributed by atoms with Gasteiger partial charge in [0.15, 0.2) is 0 Å². The molecule has 0 bridgehead atoms. The highest BCUT2D eigenvalue weighted by molar-refractivity contribution is 6.77. The molecule has 1 atom stereocenters. The fraction of sp³-hybridized carbons (Fsp3) is 0.857. The number of rotatable bonds is 3. The molecule has 0 aromatic rings. The summed E-state index contributed by atoms with van der Waals surface area (Å²) in [4.78, 5) is 10.7. The van der Waals surface area contributed by atoms with Crippen LogP contribution in [0.4, 0.5) is 0 Å². The van der Waals surface area contributed by atoms with E-state index in [-0.39, 0.29) is 18.2 Å². The molecule has 0 heterocycles. The maximum atomic E-state index is 10.7. The zero-order valence-electron chi connectivity index (χ0n) is 7.68. The van der Waals surface area contributed by atoms with Crippen LogP contribution in [0.25, 0.3) is 0 Å².